The Hall–Kier alpha value is -2.13. The summed E-state index contributed by atoms with van der Waals surface area (Å²) in [5, 5.41) is 1.02. The lowest BCUT2D eigenvalue weighted by molar-refractivity contribution is 1.28. The summed E-state index contributed by atoms with van der Waals surface area (Å²) in [4.78, 5) is 4.70. The topological polar surface area (TPSA) is 38.9 Å². The van der Waals surface area contributed by atoms with Crippen LogP contribution in [0.4, 0.5) is 5.69 Å². The molecule has 0 fully saturated rings. The van der Waals surface area contributed by atoms with E-state index in [4.69, 9.17) is 10.7 Å². The number of para-hydroxylation sites is 1. The molecule has 3 aromatic rings. The molecule has 0 amide bonds. The normalized spacial score (nSPS) is 10.7. The highest BCUT2D eigenvalue weighted by atomic mass is 32.1. The molecule has 3 heteroatoms. The highest BCUT2D eigenvalue weighted by Crippen LogP contribution is 2.34. The van der Waals surface area contributed by atoms with Gasteiger partial charge in [0.25, 0.3) is 0 Å². The first kappa shape index (κ1) is 11.9. The van der Waals surface area contributed by atoms with Crippen molar-refractivity contribution in [2.24, 2.45) is 0 Å². The standard InChI is InChI=1S/C16H14N2S/c1-2-6-11-12(7-5-8-13(11)17)16-18-14-9-3-4-10-15(14)19-16/h2-5,7-10H,1,6,17H2. The summed E-state index contributed by atoms with van der Waals surface area (Å²) in [6.45, 7) is 3.80. The summed E-state index contributed by atoms with van der Waals surface area (Å²) in [6, 6.07) is 14.2. The van der Waals surface area contributed by atoms with E-state index in [1.807, 2.05) is 36.4 Å². The lowest BCUT2D eigenvalue weighted by Crippen LogP contribution is -1.95. The first-order valence-corrected chi connectivity index (χ1v) is 6.95. The maximum absolute atomic E-state index is 6.07. The monoisotopic (exact) mass is 266 g/mol. The van der Waals surface area contributed by atoms with Crippen molar-refractivity contribution in [2.45, 2.75) is 6.42 Å². The second-order valence-electron chi connectivity index (χ2n) is 4.35. The van der Waals surface area contributed by atoms with E-state index >= 15 is 0 Å². The summed E-state index contributed by atoms with van der Waals surface area (Å²) in [5.74, 6) is 0. The average molecular weight is 266 g/mol. The number of rotatable bonds is 3. The zero-order valence-corrected chi connectivity index (χ0v) is 11.3. The van der Waals surface area contributed by atoms with Gasteiger partial charge < -0.3 is 5.73 Å². The smallest absolute Gasteiger partial charge is 0.124 e. The van der Waals surface area contributed by atoms with Gasteiger partial charge in [-0.2, -0.15) is 0 Å². The van der Waals surface area contributed by atoms with Gasteiger partial charge in [0.15, 0.2) is 0 Å². The predicted molar refractivity (Wildman–Crippen MR) is 83.4 cm³/mol. The van der Waals surface area contributed by atoms with E-state index in [-0.39, 0.29) is 0 Å². The van der Waals surface area contributed by atoms with Crippen LogP contribution in [0.25, 0.3) is 20.8 Å². The highest BCUT2D eigenvalue weighted by Gasteiger charge is 2.11. The van der Waals surface area contributed by atoms with Crippen LogP contribution in [0.2, 0.25) is 0 Å². The number of allylic oxidation sites excluding steroid dienone is 1. The minimum atomic E-state index is 0.762. The van der Waals surface area contributed by atoms with Gasteiger partial charge in [-0.1, -0.05) is 30.3 Å². The van der Waals surface area contributed by atoms with Crippen LogP contribution in [-0.2, 0) is 6.42 Å². The van der Waals surface area contributed by atoms with Gasteiger partial charge in [0.05, 0.1) is 10.2 Å². The van der Waals surface area contributed by atoms with E-state index in [1.54, 1.807) is 11.3 Å². The molecule has 0 aliphatic heterocycles. The predicted octanol–water partition coefficient (Wildman–Crippen LogP) is 4.27. The van der Waals surface area contributed by atoms with Gasteiger partial charge in [0, 0.05) is 11.3 Å². The van der Waals surface area contributed by atoms with Crippen molar-refractivity contribution in [1.82, 2.24) is 4.98 Å². The van der Waals surface area contributed by atoms with Gasteiger partial charge in [-0.15, -0.1) is 17.9 Å². The summed E-state index contributed by atoms with van der Waals surface area (Å²) >= 11 is 1.70. The Morgan fingerprint density at radius 3 is 2.79 bits per heavy atom. The molecule has 1 aromatic heterocycles. The Labute approximate surface area is 116 Å². The second-order valence-corrected chi connectivity index (χ2v) is 5.38. The third kappa shape index (κ3) is 2.13. The lowest BCUT2D eigenvalue weighted by atomic mass is 10.0. The summed E-state index contributed by atoms with van der Waals surface area (Å²) in [7, 11) is 0. The van der Waals surface area contributed by atoms with Crippen LogP contribution in [-0.4, -0.2) is 4.98 Å². The number of aromatic nitrogens is 1. The van der Waals surface area contributed by atoms with E-state index < -0.39 is 0 Å². The molecule has 0 aliphatic carbocycles. The average Bonchev–Trinajstić information content (AvgIpc) is 2.85. The number of nitrogens with two attached hydrogens (primary N) is 1. The number of hydrogen-bond donors (Lipinski definition) is 1. The van der Waals surface area contributed by atoms with Crippen LogP contribution in [0.15, 0.2) is 55.1 Å². The minimum Gasteiger partial charge on any atom is -0.398 e. The molecule has 3 rings (SSSR count). The van der Waals surface area contributed by atoms with E-state index in [0.29, 0.717) is 0 Å². The third-order valence-electron chi connectivity index (χ3n) is 3.09. The third-order valence-corrected chi connectivity index (χ3v) is 4.15. The molecule has 0 spiro atoms. The van der Waals surface area contributed by atoms with Gasteiger partial charge in [0.2, 0.25) is 0 Å². The van der Waals surface area contributed by atoms with Gasteiger partial charge in [-0.05, 0) is 30.2 Å². The van der Waals surface area contributed by atoms with E-state index in [0.717, 1.165) is 33.8 Å². The van der Waals surface area contributed by atoms with Crippen molar-refractivity contribution in [2.75, 3.05) is 5.73 Å². The Kier molecular flexibility index (Phi) is 3.05. The molecule has 0 radical (unpaired) electrons. The largest absolute Gasteiger partial charge is 0.398 e. The van der Waals surface area contributed by atoms with Crippen molar-refractivity contribution in [3.8, 4) is 10.6 Å². The van der Waals surface area contributed by atoms with Crippen LogP contribution in [0.1, 0.15) is 5.56 Å². The Morgan fingerprint density at radius 2 is 2.00 bits per heavy atom. The molecule has 0 bridgehead atoms. The summed E-state index contributed by atoms with van der Waals surface area (Å²) < 4.78 is 1.20. The minimum absolute atomic E-state index is 0.762. The Bertz CT molecular complexity index is 710. The molecule has 0 aliphatic rings. The molecular formula is C16H14N2S. The van der Waals surface area contributed by atoms with Gasteiger partial charge in [0.1, 0.15) is 5.01 Å². The molecule has 0 atom stereocenters. The number of nitrogens with zero attached hydrogens (tertiary/aromatic N) is 1. The zero-order valence-electron chi connectivity index (χ0n) is 10.5. The van der Waals surface area contributed by atoms with Crippen molar-refractivity contribution in [3.05, 3.63) is 60.7 Å². The second kappa shape index (κ2) is 4.86. The van der Waals surface area contributed by atoms with Crippen molar-refractivity contribution >= 4 is 27.2 Å². The fourth-order valence-corrected chi connectivity index (χ4v) is 3.18. The molecular weight excluding hydrogens is 252 g/mol. The quantitative estimate of drug-likeness (QED) is 0.568. The van der Waals surface area contributed by atoms with Crippen LogP contribution >= 0.6 is 11.3 Å². The molecule has 0 unspecified atom stereocenters. The Balaban J connectivity index is 2.20. The molecule has 0 saturated heterocycles. The maximum atomic E-state index is 6.07. The van der Waals surface area contributed by atoms with E-state index in [1.165, 1.54) is 4.70 Å². The van der Waals surface area contributed by atoms with Crippen molar-refractivity contribution in [1.29, 1.82) is 0 Å². The lowest BCUT2D eigenvalue weighted by Gasteiger charge is -2.08. The first-order valence-electron chi connectivity index (χ1n) is 6.14. The fourth-order valence-electron chi connectivity index (χ4n) is 2.16. The SMILES string of the molecule is C=CCc1c(N)cccc1-c1nc2ccccc2s1. The highest BCUT2D eigenvalue weighted by molar-refractivity contribution is 7.21. The molecule has 19 heavy (non-hydrogen) atoms. The van der Waals surface area contributed by atoms with Crippen molar-refractivity contribution < 1.29 is 0 Å². The number of fused-ring (bicyclic) bond motifs is 1. The molecule has 2 nitrogen and oxygen atoms in total. The van der Waals surface area contributed by atoms with Gasteiger partial charge in [-0.3, -0.25) is 0 Å². The van der Waals surface area contributed by atoms with Gasteiger partial charge in [-0.25, -0.2) is 4.98 Å². The molecule has 1 heterocycles. The molecule has 94 valence electrons. The Morgan fingerprint density at radius 1 is 1.16 bits per heavy atom. The van der Waals surface area contributed by atoms with Crippen LogP contribution in [0.5, 0.6) is 0 Å². The fraction of sp³-hybridized carbons (Fsp3) is 0.0625. The number of anilines is 1. The van der Waals surface area contributed by atoms with E-state index in [2.05, 4.69) is 18.7 Å². The summed E-state index contributed by atoms with van der Waals surface area (Å²) in [5.41, 5.74) is 10.1. The number of nitrogen functional groups attached to an aromatic ring is 1. The summed E-state index contributed by atoms with van der Waals surface area (Å²) in [6.07, 6.45) is 2.64. The van der Waals surface area contributed by atoms with Crippen LogP contribution in [0, 0.1) is 0 Å². The van der Waals surface area contributed by atoms with Crippen LogP contribution in [0.3, 0.4) is 0 Å². The molecule has 2 aromatic carbocycles. The van der Waals surface area contributed by atoms with E-state index in [9.17, 15) is 0 Å². The molecule has 2 N–H and O–H groups in total. The zero-order chi connectivity index (χ0) is 13.2. The number of thiazole rings is 1. The van der Waals surface area contributed by atoms with Crippen molar-refractivity contribution in [3.63, 3.8) is 0 Å². The molecule has 0 saturated carbocycles. The number of benzene rings is 2. The first-order chi connectivity index (χ1) is 9.29. The van der Waals surface area contributed by atoms with Gasteiger partial charge >= 0.3 is 0 Å². The van der Waals surface area contributed by atoms with Crippen LogP contribution < -0.4 is 5.73 Å². The number of hydrogen-bond acceptors (Lipinski definition) is 3. The maximum Gasteiger partial charge on any atom is 0.124 e.